The van der Waals surface area contributed by atoms with Crippen molar-refractivity contribution in [2.45, 2.75) is 44.6 Å². The maximum absolute atomic E-state index is 12.5. The van der Waals surface area contributed by atoms with Crippen LogP contribution in [0, 0.1) is 10.1 Å². The van der Waals surface area contributed by atoms with Crippen molar-refractivity contribution in [2.24, 2.45) is 0 Å². The molecule has 0 spiro atoms. The van der Waals surface area contributed by atoms with Crippen molar-refractivity contribution in [1.29, 1.82) is 0 Å². The van der Waals surface area contributed by atoms with Gasteiger partial charge in [-0.25, -0.2) is 9.59 Å². The molecule has 1 heterocycles. The second-order valence-electron chi connectivity index (χ2n) is 7.23. The molecule has 156 valence electrons. The third-order valence-electron chi connectivity index (χ3n) is 5.14. The normalized spacial score (nSPS) is 16.5. The van der Waals surface area contributed by atoms with E-state index in [1.165, 1.54) is 12.1 Å². The number of hydrogen-bond acceptors (Lipinski definition) is 7. The molecule has 2 fully saturated rings. The van der Waals surface area contributed by atoms with Crippen LogP contribution in [-0.4, -0.2) is 48.6 Å². The number of ether oxygens (including phenoxy) is 1. The van der Waals surface area contributed by atoms with Crippen LogP contribution in [0.2, 0.25) is 0 Å². The summed E-state index contributed by atoms with van der Waals surface area (Å²) in [5.41, 5.74) is 0.335. The number of nitrogens with zero attached hydrogens (tertiary/aromatic N) is 2. The van der Waals surface area contributed by atoms with Gasteiger partial charge in [-0.2, -0.15) is 0 Å². The van der Waals surface area contributed by atoms with Gasteiger partial charge < -0.3 is 15.0 Å². The van der Waals surface area contributed by atoms with Crippen molar-refractivity contribution in [3.8, 4) is 0 Å². The Morgan fingerprint density at radius 1 is 1.14 bits per heavy atom. The highest BCUT2D eigenvalue weighted by Gasteiger charge is 2.24. The van der Waals surface area contributed by atoms with E-state index in [1.807, 2.05) is 4.90 Å². The van der Waals surface area contributed by atoms with Gasteiger partial charge >= 0.3 is 12.0 Å². The lowest BCUT2D eigenvalue weighted by Crippen LogP contribution is -2.45. The fourth-order valence-electron chi connectivity index (χ4n) is 3.70. The number of esters is 1. The van der Waals surface area contributed by atoms with Crippen LogP contribution in [0.3, 0.4) is 0 Å². The Balaban J connectivity index is 1.60. The number of carbonyl (C=O) groups excluding carboxylic acids is 3. The van der Waals surface area contributed by atoms with Crippen molar-refractivity contribution < 1.29 is 24.0 Å². The van der Waals surface area contributed by atoms with Crippen LogP contribution in [-0.2, 0) is 9.53 Å². The quantitative estimate of drug-likeness (QED) is 0.422. The fourth-order valence-corrected chi connectivity index (χ4v) is 3.70. The lowest BCUT2D eigenvalue weighted by atomic mass is 10.1. The van der Waals surface area contributed by atoms with Crippen LogP contribution in [0.4, 0.5) is 16.2 Å². The first-order valence-corrected chi connectivity index (χ1v) is 9.75. The molecule has 1 aliphatic heterocycles. The first-order chi connectivity index (χ1) is 13.9. The smallest absolute Gasteiger partial charge is 0.341 e. The number of nitro benzene ring substituents is 1. The third kappa shape index (κ3) is 5.43. The molecule has 2 N–H and O–H groups in total. The number of hydrogen-bond donors (Lipinski definition) is 2. The van der Waals surface area contributed by atoms with E-state index in [0.29, 0.717) is 5.69 Å². The molecule has 0 bridgehead atoms. The molecule has 1 aromatic carbocycles. The van der Waals surface area contributed by atoms with Crippen LogP contribution in [0.25, 0.3) is 0 Å². The summed E-state index contributed by atoms with van der Waals surface area (Å²) in [6.45, 7) is 0.818. The molecule has 1 saturated carbocycles. The Kier molecular flexibility index (Phi) is 6.63. The maximum atomic E-state index is 12.5. The van der Waals surface area contributed by atoms with E-state index in [4.69, 9.17) is 4.74 Å². The van der Waals surface area contributed by atoms with Gasteiger partial charge in [0.25, 0.3) is 11.6 Å². The molecule has 0 unspecified atom stereocenters. The number of carbonyl (C=O) groups is 3. The maximum Gasteiger partial charge on any atom is 0.341 e. The highest BCUT2D eigenvalue weighted by atomic mass is 16.6. The number of non-ortho nitro benzene ring substituents is 1. The van der Waals surface area contributed by atoms with Crippen LogP contribution in [0.1, 0.15) is 48.9 Å². The molecule has 1 aliphatic carbocycles. The van der Waals surface area contributed by atoms with E-state index in [1.54, 1.807) is 0 Å². The van der Waals surface area contributed by atoms with Crippen molar-refractivity contribution in [1.82, 2.24) is 10.6 Å². The third-order valence-corrected chi connectivity index (χ3v) is 5.14. The lowest BCUT2D eigenvalue weighted by molar-refractivity contribution is -0.384. The van der Waals surface area contributed by atoms with Crippen LogP contribution >= 0.6 is 0 Å². The summed E-state index contributed by atoms with van der Waals surface area (Å²) in [4.78, 5) is 48.7. The van der Waals surface area contributed by atoms with Gasteiger partial charge in [-0.15, -0.1) is 0 Å². The minimum Gasteiger partial charge on any atom is -0.452 e. The van der Waals surface area contributed by atoms with Crippen LogP contribution in [0.15, 0.2) is 18.2 Å². The Labute approximate surface area is 167 Å². The minimum atomic E-state index is -0.845. The monoisotopic (exact) mass is 404 g/mol. The van der Waals surface area contributed by atoms with Gasteiger partial charge in [0.15, 0.2) is 6.61 Å². The van der Waals surface area contributed by atoms with Crippen LogP contribution in [0.5, 0.6) is 0 Å². The zero-order valence-electron chi connectivity index (χ0n) is 16.0. The molecular formula is C19H24N4O6. The highest BCUT2D eigenvalue weighted by Crippen LogP contribution is 2.29. The average Bonchev–Trinajstić information content (AvgIpc) is 3.39. The summed E-state index contributed by atoms with van der Waals surface area (Å²) in [5, 5.41) is 15.9. The predicted molar refractivity (Wildman–Crippen MR) is 104 cm³/mol. The number of anilines is 1. The summed E-state index contributed by atoms with van der Waals surface area (Å²) in [7, 11) is 0. The van der Waals surface area contributed by atoms with Gasteiger partial charge in [0.05, 0.1) is 16.2 Å². The van der Waals surface area contributed by atoms with E-state index in [-0.39, 0.29) is 17.3 Å². The number of imide groups is 1. The summed E-state index contributed by atoms with van der Waals surface area (Å²) < 4.78 is 5.02. The zero-order valence-corrected chi connectivity index (χ0v) is 16.0. The van der Waals surface area contributed by atoms with E-state index in [2.05, 4.69) is 10.6 Å². The Morgan fingerprint density at radius 2 is 1.83 bits per heavy atom. The number of benzene rings is 1. The molecule has 1 aromatic rings. The summed E-state index contributed by atoms with van der Waals surface area (Å²) in [6.07, 6.45) is 5.76. The Hall–Kier alpha value is -3.17. The van der Waals surface area contributed by atoms with Gasteiger partial charge in [-0.3, -0.25) is 20.2 Å². The number of nitrogens with one attached hydrogen (secondary N) is 2. The molecular weight excluding hydrogens is 380 g/mol. The van der Waals surface area contributed by atoms with Crippen molar-refractivity contribution in [3.05, 3.63) is 33.9 Å². The Morgan fingerprint density at radius 3 is 2.48 bits per heavy atom. The molecule has 29 heavy (non-hydrogen) atoms. The fraction of sp³-hybridized carbons (Fsp3) is 0.526. The molecule has 0 aromatic heterocycles. The SMILES string of the molecule is O=C(COC(=O)c1cc([N+](=O)[O-])ccc1N1CCCC1)NC(=O)NC1CCCC1. The van der Waals surface area contributed by atoms with Crippen molar-refractivity contribution in [3.63, 3.8) is 0 Å². The molecule has 2 aliphatic rings. The summed E-state index contributed by atoms with van der Waals surface area (Å²) in [6, 6.07) is 3.45. The van der Waals surface area contributed by atoms with E-state index >= 15 is 0 Å². The number of nitro groups is 1. The molecule has 1 saturated heterocycles. The van der Waals surface area contributed by atoms with Gasteiger partial charge in [0, 0.05) is 31.3 Å². The second-order valence-corrected chi connectivity index (χ2v) is 7.23. The zero-order chi connectivity index (χ0) is 20.8. The molecule has 10 nitrogen and oxygen atoms in total. The molecule has 0 atom stereocenters. The number of urea groups is 1. The molecule has 3 rings (SSSR count). The number of amides is 3. The lowest BCUT2D eigenvalue weighted by Gasteiger charge is -2.20. The van der Waals surface area contributed by atoms with Crippen molar-refractivity contribution >= 4 is 29.3 Å². The van der Waals surface area contributed by atoms with E-state index in [0.717, 1.165) is 57.7 Å². The van der Waals surface area contributed by atoms with Gasteiger partial charge in [0.1, 0.15) is 0 Å². The highest BCUT2D eigenvalue weighted by molar-refractivity contribution is 5.99. The summed E-state index contributed by atoms with van der Waals surface area (Å²) >= 11 is 0. The Bertz CT molecular complexity index is 800. The van der Waals surface area contributed by atoms with Gasteiger partial charge in [-0.05, 0) is 31.7 Å². The number of rotatable bonds is 6. The van der Waals surface area contributed by atoms with Gasteiger partial charge in [0.2, 0.25) is 0 Å². The second kappa shape index (κ2) is 9.35. The predicted octanol–water partition coefficient (Wildman–Crippen LogP) is 2.12. The average molecular weight is 404 g/mol. The minimum absolute atomic E-state index is 0.0318. The standard InChI is InChI=1S/C19H24N4O6/c24-17(21-19(26)20-13-5-1-2-6-13)12-29-18(25)15-11-14(23(27)28)7-8-16(15)22-9-3-4-10-22/h7-8,11,13H,1-6,9-10,12H2,(H2,20,21,24,26). The molecule has 0 radical (unpaired) electrons. The van der Waals surface area contributed by atoms with E-state index in [9.17, 15) is 24.5 Å². The molecule has 3 amide bonds. The molecule has 10 heteroatoms. The topological polar surface area (TPSA) is 131 Å². The largest absolute Gasteiger partial charge is 0.452 e. The van der Waals surface area contributed by atoms with Crippen molar-refractivity contribution in [2.75, 3.05) is 24.6 Å². The first-order valence-electron chi connectivity index (χ1n) is 9.75. The van der Waals surface area contributed by atoms with Crippen LogP contribution < -0.4 is 15.5 Å². The summed E-state index contributed by atoms with van der Waals surface area (Å²) in [5.74, 6) is -1.61. The van der Waals surface area contributed by atoms with E-state index < -0.39 is 29.4 Å². The van der Waals surface area contributed by atoms with Gasteiger partial charge in [-0.1, -0.05) is 12.8 Å². The first kappa shape index (κ1) is 20.6.